The molecule has 143 heavy (non-hydrogen) atoms. The van der Waals surface area contributed by atoms with Gasteiger partial charge in [0.05, 0.1) is 88.3 Å². The summed E-state index contributed by atoms with van der Waals surface area (Å²) in [6, 6.07) is 172. The third kappa shape index (κ3) is 11.5. The molecule has 0 atom stereocenters. The highest BCUT2D eigenvalue weighted by Gasteiger charge is 2.28. The zero-order valence-corrected chi connectivity index (χ0v) is 78.1. The number of rotatable bonds is 4. The lowest BCUT2D eigenvalue weighted by atomic mass is 9.99. The topological polar surface area (TPSA) is 37.4 Å². The van der Waals surface area contributed by atoms with Crippen molar-refractivity contribution in [1.29, 1.82) is 0 Å². The summed E-state index contributed by atoms with van der Waals surface area (Å²) in [4.78, 5) is 0. The minimum absolute atomic E-state index is 1.18. The number of hydrogen-bond acceptors (Lipinski definition) is 1. The van der Waals surface area contributed by atoms with E-state index in [0.29, 0.717) is 0 Å². The Hall–Kier alpha value is -18.8. The average molecular weight is 1840 g/mol. The summed E-state index contributed by atoms with van der Waals surface area (Å²) in [5.41, 5.74) is 24.8. The van der Waals surface area contributed by atoms with Crippen molar-refractivity contribution in [2.75, 3.05) is 0 Å². The van der Waals surface area contributed by atoms with Crippen LogP contribution in [0.4, 0.5) is 0 Å². The molecule has 0 aliphatic carbocycles. The number of para-hydroxylation sites is 11. The van der Waals surface area contributed by atoms with Gasteiger partial charge in [-0.1, -0.05) is 358 Å². The zero-order valence-electron chi connectivity index (χ0n) is 77.3. The molecule has 0 unspecified atom stereocenters. The van der Waals surface area contributed by atoms with Gasteiger partial charge in [0.15, 0.2) is 0 Å². The first kappa shape index (κ1) is 79.3. The van der Waals surface area contributed by atoms with Gasteiger partial charge >= 0.3 is 0 Å². The SMILES string of the molecule is c1ccc(-n2c3ccccc3c3c4c(ccc32)c2ccccc2n2cc3ccccc3c42)cc1.c1ccc(-n2c3ccccc3c3cc4c(cc32)c2ccccc2n2cc3ccccc3c42)cc1.c1ccc(-n2c3ccccc3c3ccc4c5ccc6c7ccccc7sc6c5c5c6ccccc6cn5c4c32)cc1.c1ccc(-n2c3ccccc3c3ccc4c5ccccc5n5cc6ccccc6c5c4c32)cc1. The van der Waals surface area contributed by atoms with Crippen LogP contribution in [-0.2, 0) is 0 Å². The van der Waals surface area contributed by atoms with Crippen LogP contribution in [0.15, 0.2) is 498 Å². The fourth-order valence-electron chi connectivity index (χ4n) is 24.8. The molecule has 0 aliphatic rings. The fraction of sp³-hybridized carbons (Fsp3) is 0. The van der Waals surface area contributed by atoms with Gasteiger partial charge in [0.25, 0.3) is 0 Å². The van der Waals surface area contributed by atoms with Crippen LogP contribution in [0, 0.1) is 0 Å². The molecule has 13 aromatic heterocycles. The molecule has 0 saturated heterocycles. The van der Waals surface area contributed by atoms with Gasteiger partial charge in [0.2, 0.25) is 0 Å². The number of aromatic nitrogens is 8. The van der Waals surface area contributed by atoms with E-state index in [2.05, 4.69) is 534 Å². The van der Waals surface area contributed by atoms with E-state index in [-0.39, 0.29) is 0 Å². The van der Waals surface area contributed by atoms with Gasteiger partial charge in [-0.25, -0.2) is 0 Å². The zero-order chi connectivity index (χ0) is 93.3. The predicted octanol–water partition coefficient (Wildman–Crippen LogP) is 36.4. The maximum atomic E-state index is 2.49. The average Bonchev–Trinajstić information content (AvgIpc) is 1.55. The first-order chi connectivity index (χ1) is 71.0. The first-order valence-corrected chi connectivity index (χ1v) is 50.0. The lowest BCUT2D eigenvalue weighted by Gasteiger charge is -2.14. The monoisotopic (exact) mass is 1830 g/mol. The van der Waals surface area contributed by atoms with E-state index in [1.54, 1.807) is 0 Å². The Morgan fingerprint density at radius 3 is 0.944 bits per heavy atom. The third-order valence-electron chi connectivity index (χ3n) is 30.7. The van der Waals surface area contributed by atoms with Gasteiger partial charge in [-0.15, -0.1) is 11.3 Å². The van der Waals surface area contributed by atoms with E-state index < -0.39 is 0 Å². The molecule has 664 valence electrons. The van der Waals surface area contributed by atoms with Gasteiger partial charge in [-0.05, 0) is 137 Å². The highest BCUT2D eigenvalue weighted by atomic mass is 32.1. The molecule has 34 aromatic rings. The highest BCUT2D eigenvalue weighted by Crippen LogP contribution is 2.51. The second-order valence-electron chi connectivity index (χ2n) is 38.0. The van der Waals surface area contributed by atoms with E-state index in [0.717, 1.165) is 0 Å². The Bertz CT molecular complexity index is 11400. The van der Waals surface area contributed by atoms with Crippen molar-refractivity contribution >= 4 is 271 Å². The summed E-state index contributed by atoms with van der Waals surface area (Å²) in [6.07, 6.45) is 9.22. The number of hydrogen-bond donors (Lipinski definition) is 0. The van der Waals surface area contributed by atoms with Crippen molar-refractivity contribution in [2.24, 2.45) is 0 Å². The highest BCUT2D eigenvalue weighted by molar-refractivity contribution is 7.26. The van der Waals surface area contributed by atoms with Crippen LogP contribution < -0.4 is 0 Å². The van der Waals surface area contributed by atoms with Crippen molar-refractivity contribution in [3.8, 4) is 22.7 Å². The van der Waals surface area contributed by atoms with Crippen molar-refractivity contribution in [3.05, 3.63) is 498 Å². The Labute approximate surface area is 821 Å². The summed E-state index contributed by atoms with van der Waals surface area (Å²) in [5.74, 6) is 0. The quantitative estimate of drug-likeness (QED) is 0.158. The molecule has 0 N–H and O–H groups in total. The Balaban J connectivity index is 0.0000000875. The van der Waals surface area contributed by atoms with Crippen LogP contribution in [0.5, 0.6) is 0 Å². The molecular formula is C134H82N8S. The molecule has 0 spiro atoms. The number of fused-ring (bicyclic) bond motifs is 51. The van der Waals surface area contributed by atoms with Crippen molar-refractivity contribution in [3.63, 3.8) is 0 Å². The molecule has 0 bridgehead atoms. The largest absolute Gasteiger partial charge is 0.315 e. The number of nitrogens with zero attached hydrogens (tertiary/aromatic N) is 8. The van der Waals surface area contributed by atoms with Crippen LogP contribution in [0.25, 0.3) is 282 Å². The molecule has 0 aliphatic heterocycles. The molecule has 21 aromatic carbocycles. The van der Waals surface area contributed by atoms with E-state index in [9.17, 15) is 0 Å². The van der Waals surface area contributed by atoms with Crippen LogP contribution in [0.1, 0.15) is 0 Å². The molecule has 8 nitrogen and oxygen atoms in total. The summed E-state index contributed by atoms with van der Waals surface area (Å²) >= 11 is 1.92. The predicted molar refractivity (Wildman–Crippen MR) is 610 cm³/mol. The molecule has 0 saturated carbocycles. The number of benzene rings is 21. The molecule has 0 amide bonds. The number of pyridine rings is 4. The smallest absolute Gasteiger partial charge is 0.0788 e. The van der Waals surface area contributed by atoms with Gasteiger partial charge in [-0.3, -0.25) is 0 Å². The van der Waals surface area contributed by atoms with Crippen molar-refractivity contribution in [1.82, 2.24) is 35.9 Å². The van der Waals surface area contributed by atoms with Gasteiger partial charge in [0, 0.05) is 197 Å². The van der Waals surface area contributed by atoms with Gasteiger partial charge in [-0.2, -0.15) is 0 Å². The summed E-state index contributed by atoms with van der Waals surface area (Å²) in [5, 5.41) is 38.8. The van der Waals surface area contributed by atoms with Crippen molar-refractivity contribution in [2.45, 2.75) is 0 Å². The lowest BCUT2D eigenvalue weighted by Crippen LogP contribution is -1.97. The Morgan fingerprint density at radius 1 is 0.133 bits per heavy atom. The minimum Gasteiger partial charge on any atom is -0.315 e. The first-order valence-electron chi connectivity index (χ1n) is 49.2. The molecule has 0 radical (unpaired) electrons. The summed E-state index contributed by atoms with van der Waals surface area (Å²) in [6.45, 7) is 0. The summed E-state index contributed by atoms with van der Waals surface area (Å²) < 4.78 is 22.1. The maximum absolute atomic E-state index is 2.49. The van der Waals surface area contributed by atoms with E-state index in [1.165, 1.54) is 282 Å². The van der Waals surface area contributed by atoms with Crippen molar-refractivity contribution < 1.29 is 0 Å². The Morgan fingerprint density at radius 2 is 0.441 bits per heavy atom. The third-order valence-corrected chi connectivity index (χ3v) is 31.9. The Kier molecular flexibility index (Phi) is 17.1. The molecule has 0 fully saturated rings. The molecule has 13 heterocycles. The van der Waals surface area contributed by atoms with Crippen LogP contribution in [-0.4, -0.2) is 35.9 Å². The van der Waals surface area contributed by atoms with Gasteiger partial charge in [0.1, 0.15) is 0 Å². The second kappa shape index (κ2) is 30.9. The van der Waals surface area contributed by atoms with E-state index >= 15 is 0 Å². The second-order valence-corrected chi connectivity index (χ2v) is 39.1. The van der Waals surface area contributed by atoms with Gasteiger partial charge < -0.3 is 35.9 Å². The fourth-order valence-corrected chi connectivity index (χ4v) is 26.0. The van der Waals surface area contributed by atoms with E-state index in [4.69, 9.17) is 0 Å². The molecule has 34 rings (SSSR count). The number of thiophene rings is 1. The van der Waals surface area contributed by atoms with E-state index in [1.807, 2.05) is 11.3 Å². The summed E-state index contributed by atoms with van der Waals surface area (Å²) in [7, 11) is 0. The molecular weight excluding hydrogens is 1750 g/mol. The maximum Gasteiger partial charge on any atom is 0.0788 e. The minimum atomic E-state index is 1.18. The lowest BCUT2D eigenvalue weighted by molar-refractivity contribution is 1.17. The normalized spacial score (nSPS) is 12.2. The standard InChI is InChI=1S/C38H22N2S.3C32H20N2/c1-2-11-24(12-3-1)40-32-16-8-6-14-26(32)29-19-20-30-28-18-21-31-27-15-7-9-17-33(27)41-38(31)34(28)35-25-13-5-4-10-23(25)22-39(35)36(30)37(29)40;1-2-11-22(12-3-1)34-30-17-9-7-15-25(30)27-18-28-26(19-31(27)34)24-14-6-8-16-29(24)33-20-21-10-4-5-13-23(21)32(28)33;1-2-11-22(12-3-1)34-28-17-9-7-15-26(28)30-29(34)19-18-25-24-14-6-8-16-27(24)33-20-21-10-4-5-13-23(21)32(33)31(25)30;1-2-11-22(12-3-1)34-29-17-9-7-15-25(29)27-19-18-26-24-14-6-8-16-28(24)33-20-21-10-4-5-13-23(21)31(33)30(26)32(27)34/h1-22H;3*1-20H. The molecule has 9 heteroatoms. The van der Waals surface area contributed by atoms with Crippen LogP contribution in [0.2, 0.25) is 0 Å². The van der Waals surface area contributed by atoms with Crippen LogP contribution in [0.3, 0.4) is 0 Å². The van der Waals surface area contributed by atoms with Crippen LogP contribution >= 0.6 is 11.3 Å².